The molecule has 0 spiro atoms. The smallest absolute Gasteiger partial charge is 0.222 e. The van der Waals surface area contributed by atoms with Gasteiger partial charge in [-0.25, -0.2) is 0 Å². The lowest BCUT2D eigenvalue weighted by Crippen LogP contribution is -2.38. The molecule has 1 aromatic rings. The molecule has 104 valence electrons. The highest BCUT2D eigenvalue weighted by Crippen LogP contribution is 2.28. The molecule has 1 aliphatic heterocycles. The van der Waals surface area contributed by atoms with E-state index in [1.807, 2.05) is 0 Å². The van der Waals surface area contributed by atoms with E-state index in [1.54, 1.807) is 0 Å². The fraction of sp³-hybridized carbons (Fsp3) is 0.588. The van der Waals surface area contributed by atoms with E-state index >= 15 is 0 Å². The van der Waals surface area contributed by atoms with E-state index in [-0.39, 0.29) is 0 Å². The first-order valence-corrected chi connectivity index (χ1v) is 7.53. The van der Waals surface area contributed by atoms with Crippen LogP contribution in [0.2, 0.25) is 0 Å². The van der Waals surface area contributed by atoms with Crippen LogP contribution < -0.4 is 0 Å². The Morgan fingerprint density at radius 2 is 1.89 bits per heavy atom. The number of amides is 1. The average Bonchev–Trinajstić information content (AvgIpc) is 2.48. The van der Waals surface area contributed by atoms with Crippen molar-refractivity contribution in [1.82, 2.24) is 4.90 Å². The second-order valence-electron chi connectivity index (χ2n) is 5.78. The van der Waals surface area contributed by atoms with Gasteiger partial charge in [0.25, 0.3) is 0 Å². The third kappa shape index (κ3) is 3.82. The lowest BCUT2D eigenvalue weighted by atomic mass is 9.89. The number of nitrogens with zero attached hydrogens (tertiary/aromatic N) is 1. The van der Waals surface area contributed by atoms with Gasteiger partial charge in [0.2, 0.25) is 5.91 Å². The number of carbonyl (C=O) groups is 1. The summed E-state index contributed by atoms with van der Waals surface area (Å²) in [7, 11) is 0. The fourth-order valence-electron chi connectivity index (χ4n) is 2.76. The molecule has 1 aromatic carbocycles. The summed E-state index contributed by atoms with van der Waals surface area (Å²) in [6.07, 6.45) is 4.02. The van der Waals surface area contributed by atoms with E-state index in [2.05, 4.69) is 49.1 Å². The highest BCUT2D eigenvalue weighted by atomic mass is 16.2. The third-order valence-electron chi connectivity index (χ3n) is 4.34. The van der Waals surface area contributed by atoms with Crippen molar-refractivity contribution >= 4 is 5.91 Å². The largest absolute Gasteiger partial charge is 0.343 e. The van der Waals surface area contributed by atoms with Gasteiger partial charge in [-0.15, -0.1) is 0 Å². The molecule has 1 amide bonds. The van der Waals surface area contributed by atoms with E-state index < -0.39 is 0 Å². The van der Waals surface area contributed by atoms with E-state index in [1.165, 1.54) is 5.56 Å². The maximum atomic E-state index is 12.1. The van der Waals surface area contributed by atoms with Gasteiger partial charge in [-0.05, 0) is 30.2 Å². The second-order valence-corrected chi connectivity index (χ2v) is 5.78. The van der Waals surface area contributed by atoms with Crippen molar-refractivity contribution < 1.29 is 4.79 Å². The highest BCUT2D eigenvalue weighted by Gasteiger charge is 2.24. The molecule has 2 nitrogen and oxygen atoms in total. The zero-order chi connectivity index (χ0) is 13.7. The molecule has 2 heteroatoms. The minimum absolute atomic E-state index is 0.348. The number of hydrogen-bond donors (Lipinski definition) is 0. The molecule has 0 N–H and O–H groups in total. The predicted octanol–water partition coefficient (Wildman–Crippen LogP) is 3.83. The van der Waals surface area contributed by atoms with Gasteiger partial charge in [-0.1, -0.05) is 50.6 Å². The van der Waals surface area contributed by atoms with Gasteiger partial charge in [-0.2, -0.15) is 0 Å². The predicted molar refractivity (Wildman–Crippen MR) is 79.1 cm³/mol. The Morgan fingerprint density at radius 1 is 1.26 bits per heavy atom. The summed E-state index contributed by atoms with van der Waals surface area (Å²) in [5.41, 5.74) is 1.43. The minimum Gasteiger partial charge on any atom is -0.343 e. The summed E-state index contributed by atoms with van der Waals surface area (Å²) < 4.78 is 0. The van der Waals surface area contributed by atoms with Gasteiger partial charge < -0.3 is 4.90 Å². The number of piperidine rings is 1. The topological polar surface area (TPSA) is 20.3 Å². The molecule has 1 fully saturated rings. The number of rotatable bonds is 4. The van der Waals surface area contributed by atoms with Gasteiger partial charge in [-0.3, -0.25) is 4.79 Å². The number of likely N-dealkylation sites (tertiary alicyclic amines) is 1. The monoisotopic (exact) mass is 259 g/mol. The molecule has 2 rings (SSSR count). The first-order chi connectivity index (χ1) is 9.20. The van der Waals surface area contributed by atoms with Gasteiger partial charge >= 0.3 is 0 Å². The molecule has 0 radical (unpaired) electrons. The summed E-state index contributed by atoms with van der Waals surface area (Å²) >= 11 is 0. The number of benzene rings is 1. The summed E-state index contributed by atoms with van der Waals surface area (Å²) in [6, 6.07) is 10.7. The van der Waals surface area contributed by atoms with Crippen LogP contribution in [0.5, 0.6) is 0 Å². The van der Waals surface area contributed by atoms with Crippen molar-refractivity contribution in [2.45, 2.75) is 45.4 Å². The summed E-state index contributed by atoms with van der Waals surface area (Å²) in [4.78, 5) is 14.2. The third-order valence-corrected chi connectivity index (χ3v) is 4.34. The minimum atomic E-state index is 0.348. The summed E-state index contributed by atoms with van der Waals surface area (Å²) in [6.45, 7) is 6.16. The zero-order valence-corrected chi connectivity index (χ0v) is 12.1. The van der Waals surface area contributed by atoms with Crippen LogP contribution >= 0.6 is 0 Å². The first-order valence-electron chi connectivity index (χ1n) is 7.53. The summed E-state index contributed by atoms with van der Waals surface area (Å²) in [5.74, 6) is 1.49. The standard InChI is InChI=1S/C17H25NO/c1-3-14(2)13-17(19)18-11-9-16(10-12-18)15-7-5-4-6-8-15/h4-8,14,16H,3,9-13H2,1-2H3/t14-/m0/s1. The fourth-order valence-corrected chi connectivity index (χ4v) is 2.76. The Balaban J connectivity index is 1.84. The van der Waals surface area contributed by atoms with Crippen LogP contribution in [0.25, 0.3) is 0 Å². The van der Waals surface area contributed by atoms with Crippen molar-refractivity contribution in [2.24, 2.45) is 5.92 Å². The maximum absolute atomic E-state index is 12.1. The van der Waals surface area contributed by atoms with Gasteiger partial charge in [0.1, 0.15) is 0 Å². The van der Waals surface area contributed by atoms with Crippen molar-refractivity contribution in [1.29, 1.82) is 0 Å². The van der Waals surface area contributed by atoms with Crippen LogP contribution in [0.4, 0.5) is 0 Å². The molecule has 19 heavy (non-hydrogen) atoms. The van der Waals surface area contributed by atoms with Crippen LogP contribution in [-0.2, 0) is 4.79 Å². The van der Waals surface area contributed by atoms with Crippen molar-refractivity contribution in [2.75, 3.05) is 13.1 Å². The molecular weight excluding hydrogens is 234 g/mol. The van der Waals surface area contributed by atoms with Crippen LogP contribution in [-0.4, -0.2) is 23.9 Å². The Labute approximate surface area is 116 Å². The van der Waals surface area contributed by atoms with Crippen molar-refractivity contribution in [3.05, 3.63) is 35.9 Å². The zero-order valence-electron chi connectivity index (χ0n) is 12.1. The van der Waals surface area contributed by atoms with E-state index in [4.69, 9.17) is 0 Å². The number of carbonyl (C=O) groups excluding carboxylic acids is 1. The van der Waals surface area contributed by atoms with Crippen molar-refractivity contribution in [3.63, 3.8) is 0 Å². The van der Waals surface area contributed by atoms with Crippen LogP contribution in [0.3, 0.4) is 0 Å². The lowest BCUT2D eigenvalue weighted by molar-refractivity contribution is -0.133. The van der Waals surface area contributed by atoms with Crippen molar-refractivity contribution in [3.8, 4) is 0 Å². The maximum Gasteiger partial charge on any atom is 0.222 e. The van der Waals surface area contributed by atoms with Crippen LogP contribution in [0, 0.1) is 5.92 Å². The molecule has 1 heterocycles. The average molecular weight is 259 g/mol. The molecule has 0 aromatic heterocycles. The van der Waals surface area contributed by atoms with E-state index in [0.29, 0.717) is 24.2 Å². The SMILES string of the molecule is CC[C@H](C)CC(=O)N1CCC(c2ccccc2)CC1. The normalized spacial score (nSPS) is 18.3. The lowest BCUT2D eigenvalue weighted by Gasteiger charge is -2.33. The van der Waals surface area contributed by atoms with Gasteiger partial charge in [0.15, 0.2) is 0 Å². The quantitative estimate of drug-likeness (QED) is 0.804. The molecule has 0 saturated carbocycles. The first kappa shape index (κ1) is 14.1. The molecule has 1 atom stereocenters. The number of hydrogen-bond acceptors (Lipinski definition) is 1. The Bertz CT molecular complexity index is 393. The van der Waals surface area contributed by atoms with Crippen LogP contribution in [0.15, 0.2) is 30.3 Å². The molecule has 1 saturated heterocycles. The van der Waals surface area contributed by atoms with Gasteiger partial charge in [0, 0.05) is 19.5 Å². The van der Waals surface area contributed by atoms with E-state index in [9.17, 15) is 4.79 Å². The Kier molecular flexibility index (Phi) is 5.00. The van der Waals surface area contributed by atoms with E-state index in [0.717, 1.165) is 32.4 Å². The van der Waals surface area contributed by atoms with Crippen LogP contribution in [0.1, 0.15) is 51.0 Å². The highest BCUT2D eigenvalue weighted by molar-refractivity contribution is 5.76. The summed E-state index contributed by atoms with van der Waals surface area (Å²) in [5, 5.41) is 0. The molecule has 0 unspecified atom stereocenters. The molecular formula is C17H25NO. The second kappa shape index (κ2) is 6.74. The Morgan fingerprint density at radius 3 is 2.47 bits per heavy atom. The molecule has 0 aliphatic carbocycles. The Hall–Kier alpha value is -1.31. The van der Waals surface area contributed by atoms with Gasteiger partial charge in [0.05, 0.1) is 0 Å². The molecule has 1 aliphatic rings. The molecule has 0 bridgehead atoms.